The molecule has 0 aromatic heterocycles. The number of carbonyl (C=O) groups is 1. The Balaban J connectivity index is 2.19. The number of amides is 1. The van der Waals surface area contributed by atoms with Gasteiger partial charge in [0, 0.05) is 6.54 Å². The van der Waals surface area contributed by atoms with Crippen molar-refractivity contribution in [2.75, 3.05) is 19.6 Å². The van der Waals surface area contributed by atoms with Gasteiger partial charge < -0.3 is 5.32 Å². The van der Waals surface area contributed by atoms with Crippen LogP contribution in [0.3, 0.4) is 0 Å². The van der Waals surface area contributed by atoms with Crippen molar-refractivity contribution in [1.82, 2.24) is 10.6 Å². The van der Waals surface area contributed by atoms with E-state index in [0.29, 0.717) is 13.1 Å². The van der Waals surface area contributed by atoms with Crippen molar-refractivity contribution in [3.8, 4) is 12.3 Å². The molecular formula is C14H18N2O. The first-order valence-corrected chi connectivity index (χ1v) is 5.69. The first-order valence-electron chi connectivity index (χ1n) is 5.69. The Labute approximate surface area is 103 Å². The summed E-state index contributed by atoms with van der Waals surface area (Å²) in [4.78, 5) is 11.3. The maximum atomic E-state index is 11.3. The number of rotatable bonds is 6. The van der Waals surface area contributed by atoms with E-state index in [4.69, 9.17) is 6.42 Å². The number of hydrogen-bond donors (Lipinski definition) is 2. The Morgan fingerprint density at radius 3 is 3.00 bits per heavy atom. The number of hydrogen-bond acceptors (Lipinski definition) is 2. The molecule has 0 atom stereocenters. The van der Waals surface area contributed by atoms with Crippen LogP contribution in [0.15, 0.2) is 24.3 Å². The summed E-state index contributed by atoms with van der Waals surface area (Å²) in [6.45, 7) is 3.41. The third kappa shape index (κ3) is 5.74. The lowest BCUT2D eigenvalue weighted by Gasteiger charge is -2.06. The lowest BCUT2D eigenvalue weighted by Crippen LogP contribution is -2.35. The van der Waals surface area contributed by atoms with Gasteiger partial charge in [0.2, 0.25) is 5.91 Å². The number of nitrogens with one attached hydrogen (secondary N) is 2. The molecule has 3 heteroatoms. The highest BCUT2D eigenvalue weighted by Crippen LogP contribution is 2.03. The molecule has 1 aromatic rings. The zero-order valence-corrected chi connectivity index (χ0v) is 10.1. The van der Waals surface area contributed by atoms with Crippen LogP contribution < -0.4 is 10.6 Å². The van der Waals surface area contributed by atoms with Crippen molar-refractivity contribution in [2.24, 2.45) is 0 Å². The van der Waals surface area contributed by atoms with Gasteiger partial charge in [-0.1, -0.05) is 35.7 Å². The second kappa shape index (κ2) is 7.48. The molecular weight excluding hydrogens is 212 g/mol. The van der Waals surface area contributed by atoms with Crippen molar-refractivity contribution in [1.29, 1.82) is 0 Å². The SMILES string of the molecule is C#CCNCC(=O)NCCc1cccc(C)c1. The van der Waals surface area contributed by atoms with Gasteiger partial charge in [0.05, 0.1) is 13.1 Å². The van der Waals surface area contributed by atoms with Crippen LogP contribution in [-0.2, 0) is 11.2 Å². The number of carbonyl (C=O) groups excluding carboxylic acids is 1. The molecule has 0 saturated carbocycles. The summed E-state index contributed by atoms with van der Waals surface area (Å²) in [7, 11) is 0. The lowest BCUT2D eigenvalue weighted by molar-refractivity contribution is -0.120. The highest BCUT2D eigenvalue weighted by Gasteiger charge is 1.99. The smallest absolute Gasteiger partial charge is 0.233 e. The summed E-state index contributed by atoms with van der Waals surface area (Å²) in [5.41, 5.74) is 2.48. The highest BCUT2D eigenvalue weighted by atomic mass is 16.1. The van der Waals surface area contributed by atoms with Gasteiger partial charge in [-0.25, -0.2) is 0 Å². The monoisotopic (exact) mass is 230 g/mol. The van der Waals surface area contributed by atoms with Gasteiger partial charge in [-0.2, -0.15) is 0 Å². The second-order valence-electron chi connectivity index (χ2n) is 3.90. The predicted molar refractivity (Wildman–Crippen MR) is 69.6 cm³/mol. The zero-order chi connectivity index (χ0) is 12.5. The molecule has 1 aromatic carbocycles. The van der Waals surface area contributed by atoms with Crippen LogP contribution in [0, 0.1) is 19.3 Å². The van der Waals surface area contributed by atoms with E-state index in [1.165, 1.54) is 11.1 Å². The van der Waals surface area contributed by atoms with Crippen LogP contribution in [0.4, 0.5) is 0 Å². The lowest BCUT2D eigenvalue weighted by atomic mass is 10.1. The fourth-order valence-corrected chi connectivity index (χ4v) is 1.52. The zero-order valence-electron chi connectivity index (χ0n) is 10.1. The Morgan fingerprint density at radius 2 is 2.29 bits per heavy atom. The number of benzene rings is 1. The largest absolute Gasteiger partial charge is 0.355 e. The Hall–Kier alpha value is -1.79. The van der Waals surface area contributed by atoms with Crippen LogP contribution in [0.1, 0.15) is 11.1 Å². The molecule has 90 valence electrons. The van der Waals surface area contributed by atoms with E-state index >= 15 is 0 Å². The standard InChI is InChI=1S/C14H18N2O/c1-3-8-15-11-14(17)16-9-7-13-6-4-5-12(2)10-13/h1,4-6,10,15H,7-9,11H2,2H3,(H,16,17). The van der Waals surface area contributed by atoms with Crippen molar-refractivity contribution in [2.45, 2.75) is 13.3 Å². The van der Waals surface area contributed by atoms with E-state index in [2.05, 4.69) is 41.7 Å². The van der Waals surface area contributed by atoms with E-state index < -0.39 is 0 Å². The second-order valence-corrected chi connectivity index (χ2v) is 3.90. The van der Waals surface area contributed by atoms with Gasteiger partial charge in [0.15, 0.2) is 0 Å². The third-order valence-electron chi connectivity index (χ3n) is 2.33. The topological polar surface area (TPSA) is 41.1 Å². The van der Waals surface area contributed by atoms with Gasteiger partial charge in [-0.05, 0) is 18.9 Å². The van der Waals surface area contributed by atoms with Crippen molar-refractivity contribution >= 4 is 5.91 Å². The molecule has 1 amide bonds. The van der Waals surface area contributed by atoms with Crippen LogP contribution in [-0.4, -0.2) is 25.5 Å². The normalized spacial score (nSPS) is 9.65. The molecule has 1 rings (SSSR count). The number of aryl methyl sites for hydroxylation is 1. The maximum absolute atomic E-state index is 11.3. The van der Waals surface area contributed by atoms with Crippen LogP contribution in [0.5, 0.6) is 0 Å². The minimum Gasteiger partial charge on any atom is -0.355 e. The average Bonchev–Trinajstić information content (AvgIpc) is 2.29. The fraction of sp³-hybridized carbons (Fsp3) is 0.357. The molecule has 0 radical (unpaired) electrons. The van der Waals surface area contributed by atoms with E-state index in [1.54, 1.807) is 0 Å². The van der Waals surface area contributed by atoms with Gasteiger partial charge in [0.1, 0.15) is 0 Å². The first-order chi connectivity index (χ1) is 8.22. The Kier molecular flexibility index (Phi) is 5.84. The molecule has 3 nitrogen and oxygen atoms in total. The van der Waals surface area contributed by atoms with Crippen molar-refractivity contribution in [3.63, 3.8) is 0 Å². The minimum atomic E-state index is -0.0205. The fourth-order valence-electron chi connectivity index (χ4n) is 1.52. The summed E-state index contributed by atoms with van der Waals surface area (Å²) < 4.78 is 0. The Morgan fingerprint density at radius 1 is 1.47 bits per heavy atom. The van der Waals surface area contributed by atoms with E-state index in [0.717, 1.165) is 6.42 Å². The highest BCUT2D eigenvalue weighted by molar-refractivity contribution is 5.77. The molecule has 0 heterocycles. The molecule has 0 spiro atoms. The summed E-state index contributed by atoms with van der Waals surface area (Å²) in [5.74, 6) is 2.40. The molecule has 0 bridgehead atoms. The summed E-state index contributed by atoms with van der Waals surface area (Å²) in [5, 5.41) is 5.68. The molecule has 0 saturated heterocycles. The van der Waals surface area contributed by atoms with Crippen molar-refractivity contribution < 1.29 is 4.79 Å². The Bertz CT molecular complexity index is 407. The van der Waals surface area contributed by atoms with Crippen LogP contribution in [0.25, 0.3) is 0 Å². The van der Waals surface area contributed by atoms with Gasteiger partial charge in [-0.15, -0.1) is 6.42 Å². The average molecular weight is 230 g/mol. The predicted octanol–water partition coefficient (Wildman–Crippen LogP) is 0.877. The quantitative estimate of drug-likeness (QED) is 0.562. The molecule has 2 N–H and O–H groups in total. The summed E-state index contributed by atoms with van der Waals surface area (Å²) in [6, 6.07) is 8.28. The van der Waals surface area contributed by atoms with Gasteiger partial charge in [-0.3, -0.25) is 10.1 Å². The van der Waals surface area contributed by atoms with Crippen LogP contribution >= 0.6 is 0 Å². The molecule has 0 aliphatic heterocycles. The number of terminal acetylenes is 1. The first kappa shape index (κ1) is 13.3. The van der Waals surface area contributed by atoms with Gasteiger partial charge >= 0.3 is 0 Å². The molecule has 17 heavy (non-hydrogen) atoms. The van der Waals surface area contributed by atoms with Crippen molar-refractivity contribution in [3.05, 3.63) is 35.4 Å². The molecule has 0 fully saturated rings. The van der Waals surface area contributed by atoms with E-state index in [9.17, 15) is 4.79 Å². The summed E-state index contributed by atoms with van der Waals surface area (Å²) >= 11 is 0. The van der Waals surface area contributed by atoms with E-state index in [1.807, 2.05) is 6.07 Å². The van der Waals surface area contributed by atoms with E-state index in [-0.39, 0.29) is 12.5 Å². The minimum absolute atomic E-state index is 0.0205. The third-order valence-corrected chi connectivity index (χ3v) is 2.33. The molecule has 0 aliphatic rings. The summed E-state index contributed by atoms with van der Waals surface area (Å²) in [6.07, 6.45) is 5.91. The molecule has 0 aliphatic carbocycles. The van der Waals surface area contributed by atoms with Gasteiger partial charge in [0.25, 0.3) is 0 Å². The molecule has 0 unspecified atom stereocenters. The maximum Gasteiger partial charge on any atom is 0.233 e. The van der Waals surface area contributed by atoms with Crippen LogP contribution in [0.2, 0.25) is 0 Å².